The van der Waals surface area contributed by atoms with Crippen LogP contribution in [0.5, 0.6) is 0 Å². The molecule has 0 heterocycles. The van der Waals surface area contributed by atoms with E-state index in [1.165, 1.54) is 5.57 Å². The normalized spacial score (nSPS) is 22.7. The molecule has 0 amide bonds. The number of halogens is 1. The molecular weight excluding hydrogens is 237 g/mol. The van der Waals surface area contributed by atoms with Crippen molar-refractivity contribution in [2.45, 2.75) is 44.3 Å². The van der Waals surface area contributed by atoms with Gasteiger partial charge in [0.2, 0.25) is 0 Å². The van der Waals surface area contributed by atoms with Crippen molar-refractivity contribution < 1.29 is 8.94 Å². The third-order valence-electron chi connectivity index (χ3n) is 3.05. The first-order valence-corrected chi connectivity index (χ1v) is 7.13. The van der Waals surface area contributed by atoms with Crippen LogP contribution in [0.1, 0.15) is 32.1 Å². The van der Waals surface area contributed by atoms with Gasteiger partial charge in [0.25, 0.3) is 0 Å². The highest BCUT2D eigenvalue weighted by Gasteiger charge is 2.14. The molecule has 1 aliphatic carbocycles. The summed E-state index contributed by atoms with van der Waals surface area (Å²) in [5, 5.41) is 3.25. The van der Waals surface area contributed by atoms with Crippen molar-refractivity contribution in [2.75, 3.05) is 12.3 Å². The van der Waals surface area contributed by atoms with Gasteiger partial charge >= 0.3 is 0 Å². The van der Waals surface area contributed by atoms with Gasteiger partial charge in [-0.15, -0.1) is 6.58 Å². The number of hydrogen-bond acceptors (Lipinski definition) is 3. The van der Waals surface area contributed by atoms with Gasteiger partial charge < -0.3 is 9.87 Å². The number of allylic oxidation sites excluding steroid dienone is 3. The largest absolute Gasteiger partial charge is 0.330 e. The molecule has 2 nitrogen and oxygen atoms in total. The molecule has 1 aliphatic rings. The van der Waals surface area contributed by atoms with Crippen molar-refractivity contribution in [2.24, 2.45) is 0 Å². The van der Waals surface area contributed by atoms with Crippen LogP contribution in [0.25, 0.3) is 0 Å². The van der Waals surface area contributed by atoms with Crippen LogP contribution in [0, 0.1) is 0 Å². The van der Waals surface area contributed by atoms with Crippen LogP contribution >= 0.6 is 12.0 Å². The fraction of sp³-hybridized carbons (Fsp3) is 0.692. The Morgan fingerprint density at radius 3 is 3.18 bits per heavy atom. The smallest absolute Gasteiger partial charge is 0.124 e. The maximum absolute atomic E-state index is 13.2. The molecule has 98 valence electrons. The zero-order valence-corrected chi connectivity index (χ0v) is 11.0. The zero-order chi connectivity index (χ0) is 12.5. The van der Waals surface area contributed by atoms with E-state index in [1.54, 1.807) is 0 Å². The molecule has 0 aromatic carbocycles. The monoisotopic (exact) mass is 259 g/mol. The SMILES string of the molecule is C=CCC1=CCCC(NCC(F)CSO)CC1. The van der Waals surface area contributed by atoms with E-state index in [4.69, 9.17) is 4.55 Å². The van der Waals surface area contributed by atoms with Gasteiger partial charge in [0.05, 0.1) is 5.75 Å². The van der Waals surface area contributed by atoms with E-state index in [2.05, 4.69) is 18.0 Å². The van der Waals surface area contributed by atoms with Crippen molar-refractivity contribution in [1.82, 2.24) is 5.32 Å². The molecule has 0 aromatic rings. The standard InChI is InChI=1S/C13H22FNOS/c1-2-4-11-5-3-6-13(8-7-11)15-9-12(14)10-17-16/h2,5,12-13,15-16H,1,3-4,6-10H2. The summed E-state index contributed by atoms with van der Waals surface area (Å²) < 4.78 is 21.7. The molecule has 2 atom stereocenters. The minimum atomic E-state index is -0.964. The topological polar surface area (TPSA) is 32.3 Å². The van der Waals surface area contributed by atoms with E-state index < -0.39 is 6.17 Å². The fourth-order valence-electron chi connectivity index (χ4n) is 2.10. The summed E-state index contributed by atoms with van der Waals surface area (Å²) in [4.78, 5) is 0. The molecule has 0 saturated carbocycles. The first-order valence-electron chi connectivity index (χ1n) is 6.19. The minimum absolute atomic E-state index is 0.152. The lowest BCUT2D eigenvalue weighted by Gasteiger charge is -2.17. The summed E-state index contributed by atoms with van der Waals surface area (Å²) in [6.07, 6.45) is 8.52. The predicted octanol–water partition coefficient (Wildman–Crippen LogP) is 3.57. The highest BCUT2D eigenvalue weighted by molar-refractivity contribution is 7.93. The third-order valence-corrected chi connectivity index (χ3v) is 3.56. The molecule has 0 bridgehead atoms. The number of rotatable bonds is 7. The van der Waals surface area contributed by atoms with Crippen LogP contribution in [-0.4, -0.2) is 29.1 Å². The van der Waals surface area contributed by atoms with Crippen molar-refractivity contribution in [3.63, 3.8) is 0 Å². The first kappa shape index (κ1) is 14.7. The molecule has 0 fully saturated rings. The summed E-state index contributed by atoms with van der Waals surface area (Å²) in [7, 11) is 0. The van der Waals surface area contributed by atoms with E-state index in [0.29, 0.717) is 24.6 Å². The number of alkyl halides is 1. The maximum Gasteiger partial charge on any atom is 0.124 e. The molecule has 0 aliphatic heterocycles. The molecule has 17 heavy (non-hydrogen) atoms. The number of hydrogen-bond donors (Lipinski definition) is 2. The van der Waals surface area contributed by atoms with Crippen LogP contribution in [0.2, 0.25) is 0 Å². The highest BCUT2D eigenvalue weighted by atomic mass is 32.2. The van der Waals surface area contributed by atoms with Crippen molar-refractivity contribution >= 4 is 12.0 Å². The first-order chi connectivity index (χ1) is 8.26. The second-order valence-corrected chi connectivity index (χ2v) is 5.06. The Hall–Kier alpha value is -0.320. The van der Waals surface area contributed by atoms with E-state index in [9.17, 15) is 4.39 Å². The quantitative estimate of drug-likeness (QED) is 0.541. The lowest BCUT2D eigenvalue weighted by Crippen LogP contribution is -2.34. The van der Waals surface area contributed by atoms with Crippen molar-refractivity contribution in [3.8, 4) is 0 Å². The van der Waals surface area contributed by atoms with Gasteiger partial charge in [-0.3, -0.25) is 0 Å². The fourth-order valence-corrected chi connectivity index (χ4v) is 2.38. The molecule has 0 saturated heterocycles. The third kappa shape index (κ3) is 6.24. The Labute approximate surface area is 108 Å². The molecule has 0 radical (unpaired) electrons. The number of nitrogens with one attached hydrogen (secondary N) is 1. The average molecular weight is 259 g/mol. The minimum Gasteiger partial charge on any atom is -0.330 e. The summed E-state index contributed by atoms with van der Waals surface area (Å²) in [6.45, 7) is 4.09. The van der Waals surface area contributed by atoms with Gasteiger partial charge in [-0.25, -0.2) is 4.39 Å². The van der Waals surface area contributed by atoms with Gasteiger partial charge in [-0.1, -0.05) is 17.7 Å². The van der Waals surface area contributed by atoms with Crippen molar-refractivity contribution in [1.29, 1.82) is 0 Å². The van der Waals surface area contributed by atoms with Crippen LogP contribution < -0.4 is 5.32 Å². The van der Waals surface area contributed by atoms with E-state index in [1.807, 2.05) is 6.08 Å². The average Bonchev–Trinajstić information content (AvgIpc) is 2.53. The Bertz CT molecular complexity index is 258. The lowest BCUT2D eigenvalue weighted by molar-refractivity contribution is 0.323. The van der Waals surface area contributed by atoms with Gasteiger partial charge in [0.1, 0.15) is 6.17 Å². The lowest BCUT2D eigenvalue weighted by atomic mass is 10.1. The van der Waals surface area contributed by atoms with Gasteiger partial charge in [0, 0.05) is 12.6 Å². The summed E-state index contributed by atoms with van der Waals surface area (Å²) in [5.74, 6) is 0.152. The Morgan fingerprint density at radius 1 is 1.65 bits per heavy atom. The molecule has 2 N–H and O–H groups in total. The van der Waals surface area contributed by atoms with Crippen molar-refractivity contribution in [3.05, 3.63) is 24.3 Å². The molecule has 4 heteroatoms. The van der Waals surface area contributed by atoms with E-state index >= 15 is 0 Å². The predicted molar refractivity (Wildman–Crippen MR) is 73.1 cm³/mol. The van der Waals surface area contributed by atoms with E-state index in [0.717, 1.165) is 32.1 Å². The Kier molecular flexibility index (Phi) is 7.56. The second-order valence-electron chi connectivity index (χ2n) is 4.47. The molecule has 1 rings (SSSR count). The van der Waals surface area contributed by atoms with Gasteiger partial charge in [-0.2, -0.15) is 0 Å². The molecule has 2 unspecified atom stereocenters. The maximum atomic E-state index is 13.2. The van der Waals surface area contributed by atoms with Crippen LogP contribution in [0.15, 0.2) is 24.3 Å². The molecule has 0 aromatic heterocycles. The Morgan fingerprint density at radius 2 is 2.47 bits per heavy atom. The highest BCUT2D eigenvalue weighted by Crippen LogP contribution is 2.20. The Balaban J connectivity index is 2.22. The summed E-state index contributed by atoms with van der Waals surface area (Å²) >= 11 is 0.571. The van der Waals surface area contributed by atoms with Gasteiger partial charge in [0.15, 0.2) is 0 Å². The zero-order valence-electron chi connectivity index (χ0n) is 10.2. The second kappa shape index (κ2) is 8.72. The summed E-state index contributed by atoms with van der Waals surface area (Å²) in [5.41, 5.74) is 1.45. The van der Waals surface area contributed by atoms with Crippen LogP contribution in [0.3, 0.4) is 0 Å². The van der Waals surface area contributed by atoms with Crippen LogP contribution in [0.4, 0.5) is 4.39 Å². The van der Waals surface area contributed by atoms with Gasteiger partial charge in [-0.05, 0) is 44.1 Å². The van der Waals surface area contributed by atoms with E-state index in [-0.39, 0.29) is 5.75 Å². The summed E-state index contributed by atoms with van der Waals surface area (Å²) in [6, 6.07) is 0.399. The van der Waals surface area contributed by atoms with Crippen LogP contribution in [-0.2, 0) is 0 Å². The molecule has 0 spiro atoms. The molecular formula is C13H22FNOS.